The molecule has 5 fully saturated rings. The van der Waals surface area contributed by atoms with E-state index in [1.54, 1.807) is 0 Å². The lowest BCUT2D eigenvalue weighted by Crippen LogP contribution is -2.73. The fourth-order valence-electron chi connectivity index (χ4n) is 3.51. The van der Waals surface area contributed by atoms with Crippen LogP contribution in [0.5, 0.6) is 0 Å². The van der Waals surface area contributed by atoms with E-state index in [9.17, 15) is 40.5 Å². The fourth-order valence-corrected chi connectivity index (χ4v) is 3.51. The first-order chi connectivity index (χ1) is 11.3. The highest BCUT2D eigenvalue weighted by atomic mass is 16.8. The summed E-state index contributed by atoms with van der Waals surface area (Å²) in [7, 11) is 0. The summed E-state index contributed by atoms with van der Waals surface area (Å²) in [4.78, 5) is 45.4. The molecule has 5 aliphatic heterocycles. The zero-order valence-corrected chi connectivity index (χ0v) is 11.1. The minimum absolute atomic E-state index is 0.173. The van der Waals surface area contributed by atoms with Crippen molar-refractivity contribution in [3.63, 3.8) is 0 Å². The molecule has 0 amide bonds. The Morgan fingerprint density at radius 3 is 1.21 bits per heavy atom. The van der Waals surface area contributed by atoms with Gasteiger partial charge >= 0.3 is 0 Å². The summed E-state index contributed by atoms with van der Waals surface area (Å²) in [6, 6.07) is 0. The van der Waals surface area contributed by atoms with Crippen LogP contribution in [0.15, 0.2) is 0 Å². The maximum atomic E-state index is 11.4. The molecule has 18 heteroatoms. The second-order valence-electron chi connectivity index (χ2n) is 5.13. The Hall–Kier alpha value is -3.28. The quantitative estimate of drug-likeness (QED) is 0.366. The van der Waals surface area contributed by atoms with Crippen LogP contribution < -0.4 is 0 Å². The molecule has 0 saturated carbocycles. The van der Waals surface area contributed by atoms with Crippen molar-refractivity contribution in [3.8, 4) is 0 Å². The predicted molar refractivity (Wildman–Crippen MR) is 60.2 cm³/mol. The van der Waals surface area contributed by atoms with Crippen LogP contribution in [-0.4, -0.2) is 77.4 Å². The van der Waals surface area contributed by atoms with Crippen molar-refractivity contribution in [1.82, 2.24) is 20.0 Å². The molecule has 0 aromatic rings. The van der Waals surface area contributed by atoms with Gasteiger partial charge in [0.2, 0.25) is 18.7 Å². The van der Waals surface area contributed by atoms with Crippen molar-refractivity contribution in [1.29, 1.82) is 0 Å². The third-order valence-corrected chi connectivity index (χ3v) is 4.20. The summed E-state index contributed by atoms with van der Waals surface area (Å²) in [6.07, 6.45) is -10.6. The van der Waals surface area contributed by atoms with Crippen LogP contribution in [0, 0.1) is 40.5 Å². The van der Waals surface area contributed by atoms with Crippen LogP contribution in [0.1, 0.15) is 0 Å². The molecule has 0 aromatic carbocycles. The number of rotatable bonds is 4. The van der Waals surface area contributed by atoms with E-state index in [0.717, 1.165) is 0 Å². The number of hydrazine groups is 4. The van der Waals surface area contributed by atoms with Crippen LogP contribution in [-0.2, 0) is 9.47 Å². The van der Waals surface area contributed by atoms with Gasteiger partial charge in [0.05, 0.1) is 0 Å². The van der Waals surface area contributed by atoms with Gasteiger partial charge in [0.25, 0.3) is 18.5 Å². The average Bonchev–Trinajstić information content (AvgIpc) is 2.92. The molecule has 0 radical (unpaired) electrons. The van der Waals surface area contributed by atoms with E-state index in [2.05, 4.69) is 0 Å². The Balaban J connectivity index is 1.96. The molecule has 5 heterocycles. The van der Waals surface area contributed by atoms with Gasteiger partial charge in [-0.15, -0.1) is 0 Å². The topological polar surface area (TPSA) is 204 Å². The van der Waals surface area contributed by atoms with Crippen LogP contribution >= 0.6 is 0 Å². The number of piperazine rings is 1. The first-order valence-electron chi connectivity index (χ1n) is 6.27. The third kappa shape index (κ3) is 1.40. The van der Waals surface area contributed by atoms with E-state index in [0.29, 0.717) is 0 Å². The van der Waals surface area contributed by atoms with Gasteiger partial charge in [-0.05, 0) is 0 Å². The molecule has 5 aliphatic rings. The third-order valence-electron chi connectivity index (χ3n) is 4.20. The van der Waals surface area contributed by atoms with Gasteiger partial charge in [-0.25, -0.2) is 40.5 Å². The summed E-state index contributed by atoms with van der Waals surface area (Å²) >= 11 is 0. The van der Waals surface area contributed by atoms with Crippen molar-refractivity contribution >= 4 is 0 Å². The molecule has 0 aromatic heterocycles. The van der Waals surface area contributed by atoms with Gasteiger partial charge in [0.1, 0.15) is 0 Å². The maximum absolute atomic E-state index is 11.4. The van der Waals surface area contributed by atoms with Crippen LogP contribution in [0.2, 0.25) is 0 Å². The Bertz CT molecular complexity index is 618. The molecule has 0 N–H and O–H groups in total. The second kappa shape index (κ2) is 4.17. The normalized spacial score (nSPS) is 38.7. The Morgan fingerprint density at radius 1 is 0.583 bits per heavy atom. The molecule has 4 atom stereocenters. The molecule has 5 saturated heterocycles. The van der Waals surface area contributed by atoms with E-state index < -0.39 is 57.4 Å². The fraction of sp³-hybridized carbons (Fsp3) is 1.00. The van der Waals surface area contributed by atoms with E-state index in [1.165, 1.54) is 0 Å². The minimum atomic E-state index is -1.93. The molecule has 6 bridgehead atoms. The highest BCUT2D eigenvalue weighted by Gasteiger charge is 2.82. The molecule has 130 valence electrons. The van der Waals surface area contributed by atoms with Gasteiger partial charge in [-0.3, -0.25) is 0 Å². The number of nitro groups is 4. The molecule has 0 spiro atoms. The molecule has 0 aliphatic carbocycles. The summed E-state index contributed by atoms with van der Waals surface area (Å²) < 4.78 is 10.3. The smallest absolute Gasteiger partial charge is 0.273 e. The average molecular weight is 350 g/mol. The maximum Gasteiger partial charge on any atom is 0.273 e. The Morgan fingerprint density at radius 2 is 0.917 bits per heavy atom. The highest BCUT2D eigenvalue weighted by molar-refractivity contribution is 5.02. The molecule has 4 unspecified atom stereocenters. The summed E-state index contributed by atoms with van der Waals surface area (Å²) in [5.74, 6) is 0. The van der Waals surface area contributed by atoms with Gasteiger partial charge in [-0.1, -0.05) is 20.0 Å². The summed E-state index contributed by atoms with van der Waals surface area (Å²) in [5.41, 5.74) is 0. The summed E-state index contributed by atoms with van der Waals surface area (Å²) in [5, 5.41) is 41.9. The molecule has 18 nitrogen and oxygen atoms in total. The number of hydrogen-bond donors (Lipinski definition) is 0. The monoisotopic (exact) mass is 350 g/mol. The summed E-state index contributed by atoms with van der Waals surface area (Å²) in [6.45, 7) is 0. The largest absolute Gasteiger partial charge is 0.314 e. The zero-order chi connectivity index (χ0) is 17.5. The number of ether oxygens (including phenoxy) is 2. The van der Waals surface area contributed by atoms with Gasteiger partial charge in [-0.2, -0.15) is 0 Å². The van der Waals surface area contributed by atoms with Crippen molar-refractivity contribution in [2.75, 3.05) is 0 Å². The molecular formula is C6H6N8O10. The molecule has 5 rings (SSSR count). The first-order valence-corrected chi connectivity index (χ1v) is 6.27. The van der Waals surface area contributed by atoms with E-state index >= 15 is 0 Å². The lowest BCUT2D eigenvalue weighted by Gasteiger charge is -2.38. The minimum Gasteiger partial charge on any atom is -0.314 e. The van der Waals surface area contributed by atoms with Crippen LogP contribution in [0.3, 0.4) is 0 Å². The Labute approximate surface area is 128 Å². The number of nitrogens with zero attached hydrogens (tertiary/aromatic N) is 8. The zero-order valence-electron chi connectivity index (χ0n) is 11.1. The predicted octanol–water partition coefficient (Wildman–Crippen LogP) is -2.99. The van der Waals surface area contributed by atoms with Crippen molar-refractivity contribution in [2.24, 2.45) is 0 Å². The van der Waals surface area contributed by atoms with E-state index in [4.69, 9.17) is 9.47 Å². The van der Waals surface area contributed by atoms with Gasteiger partial charge in [0.15, 0.2) is 20.1 Å². The van der Waals surface area contributed by atoms with E-state index in [1.807, 2.05) is 0 Å². The lowest BCUT2D eigenvalue weighted by atomic mass is 10.2. The van der Waals surface area contributed by atoms with Gasteiger partial charge < -0.3 is 9.47 Å². The first kappa shape index (κ1) is 14.3. The van der Waals surface area contributed by atoms with Crippen molar-refractivity contribution in [2.45, 2.75) is 37.2 Å². The van der Waals surface area contributed by atoms with Gasteiger partial charge in [0, 0.05) is 0 Å². The second-order valence-corrected chi connectivity index (χ2v) is 5.13. The lowest BCUT2D eigenvalue weighted by molar-refractivity contribution is -0.773. The molecular weight excluding hydrogens is 344 g/mol. The molecule has 24 heavy (non-hydrogen) atoms. The highest BCUT2D eigenvalue weighted by Crippen LogP contribution is 2.48. The van der Waals surface area contributed by atoms with E-state index in [-0.39, 0.29) is 20.0 Å². The standard InChI is InChI=1S/C6H6N8O10/c15-11(16)7-1-2-8(12(17)18)3(7)6-23-4(9(1)13(19)20)5(24-6)10(2)14(21)22/h1-6H. The number of hydrogen-bond acceptors (Lipinski definition) is 10. The van der Waals surface area contributed by atoms with Crippen LogP contribution in [0.4, 0.5) is 0 Å². The SMILES string of the molecule is O=[N+]([O-])N1C2OC3OC2N([N+](=O)[O-])C2C1N([N+](=O)[O-])C3N2[N+](=O)[O-]. The Kier molecular flexibility index (Phi) is 2.49. The van der Waals surface area contributed by atoms with Crippen molar-refractivity contribution in [3.05, 3.63) is 40.5 Å². The van der Waals surface area contributed by atoms with Crippen molar-refractivity contribution < 1.29 is 29.6 Å². The van der Waals surface area contributed by atoms with Crippen LogP contribution in [0.25, 0.3) is 0 Å².